The third-order valence-electron chi connectivity index (χ3n) is 4.46. The molecule has 0 saturated heterocycles. The highest BCUT2D eigenvalue weighted by atomic mass is 16.3. The van der Waals surface area contributed by atoms with Crippen LogP contribution in [0.4, 0.5) is 0 Å². The second kappa shape index (κ2) is 6.77. The molecule has 0 amide bonds. The third kappa shape index (κ3) is 3.17. The van der Waals surface area contributed by atoms with Gasteiger partial charge in [0.1, 0.15) is 11.5 Å². The van der Waals surface area contributed by atoms with Crippen molar-refractivity contribution in [3.63, 3.8) is 0 Å². The maximum absolute atomic E-state index is 9.80. The van der Waals surface area contributed by atoms with Crippen LogP contribution in [0.25, 0.3) is 33.4 Å². The first kappa shape index (κ1) is 16.0. The van der Waals surface area contributed by atoms with Gasteiger partial charge in [0, 0.05) is 0 Å². The van der Waals surface area contributed by atoms with Gasteiger partial charge in [0.25, 0.3) is 0 Å². The molecule has 2 N–H and O–H groups in total. The Balaban J connectivity index is 1.75. The fourth-order valence-electron chi connectivity index (χ4n) is 3.19. The predicted octanol–water partition coefficient (Wildman–Crippen LogP) is 6.10. The normalized spacial score (nSPS) is 10.6. The summed E-state index contributed by atoms with van der Waals surface area (Å²) in [5, 5.41) is 19.5. The van der Waals surface area contributed by atoms with E-state index in [1.807, 2.05) is 36.4 Å². The summed E-state index contributed by atoms with van der Waals surface area (Å²) >= 11 is 0. The summed E-state index contributed by atoms with van der Waals surface area (Å²) in [7, 11) is 0. The average molecular weight is 338 g/mol. The number of phenols is 2. The molecule has 0 unspecified atom stereocenters. The number of benzene rings is 4. The van der Waals surface area contributed by atoms with E-state index in [9.17, 15) is 10.2 Å². The molecule has 2 heteroatoms. The Hall–Kier alpha value is -3.52. The fourth-order valence-corrected chi connectivity index (χ4v) is 3.19. The smallest absolute Gasteiger partial charge is 0.116 e. The van der Waals surface area contributed by atoms with Crippen molar-refractivity contribution in [3.8, 4) is 44.9 Å². The highest BCUT2D eigenvalue weighted by Crippen LogP contribution is 2.34. The van der Waals surface area contributed by atoms with Gasteiger partial charge in [-0.15, -0.1) is 0 Å². The number of hydrogen-bond acceptors (Lipinski definition) is 2. The van der Waals surface area contributed by atoms with Gasteiger partial charge in [-0.3, -0.25) is 0 Å². The maximum atomic E-state index is 9.80. The molecule has 0 aliphatic carbocycles. The molecule has 0 spiro atoms. The van der Waals surface area contributed by atoms with Gasteiger partial charge in [-0.1, -0.05) is 72.8 Å². The molecular formula is C24H18O2. The number of phenolic OH excluding ortho intramolecular Hbond substituents is 2. The van der Waals surface area contributed by atoms with Crippen LogP contribution >= 0.6 is 0 Å². The van der Waals surface area contributed by atoms with Crippen LogP contribution in [-0.2, 0) is 0 Å². The van der Waals surface area contributed by atoms with Crippen LogP contribution in [0.2, 0.25) is 0 Å². The van der Waals surface area contributed by atoms with Gasteiger partial charge in [0.2, 0.25) is 0 Å². The Labute approximate surface area is 152 Å². The van der Waals surface area contributed by atoms with Crippen LogP contribution in [-0.4, -0.2) is 10.2 Å². The summed E-state index contributed by atoms with van der Waals surface area (Å²) < 4.78 is 0. The van der Waals surface area contributed by atoms with E-state index in [0.29, 0.717) is 0 Å². The van der Waals surface area contributed by atoms with E-state index in [4.69, 9.17) is 0 Å². The zero-order valence-corrected chi connectivity index (χ0v) is 14.1. The summed E-state index contributed by atoms with van der Waals surface area (Å²) in [4.78, 5) is 0. The molecule has 0 radical (unpaired) electrons. The van der Waals surface area contributed by atoms with E-state index in [0.717, 1.165) is 33.4 Å². The van der Waals surface area contributed by atoms with Crippen molar-refractivity contribution >= 4 is 0 Å². The van der Waals surface area contributed by atoms with Crippen LogP contribution in [0, 0.1) is 0 Å². The monoisotopic (exact) mass is 338 g/mol. The van der Waals surface area contributed by atoms with E-state index >= 15 is 0 Å². The first-order valence-electron chi connectivity index (χ1n) is 8.49. The van der Waals surface area contributed by atoms with Crippen LogP contribution < -0.4 is 0 Å². The zero-order valence-electron chi connectivity index (χ0n) is 14.1. The first-order valence-corrected chi connectivity index (χ1v) is 8.49. The average Bonchev–Trinajstić information content (AvgIpc) is 2.68. The van der Waals surface area contributed by atoms with E-state index in [1.54, 1.807) is 24.3 Å². The molecular weight excluding hydrogens is 320 g/mol. The molecule has 2 nitrogen and oxygen atoms in total. The summed E-state index contributed by atoms with van der Waals surface area (Å²) in [5.74, 6) is 0.525. The number of hydrogen-bond donors (Lipinski definition) is 2. The Kier molecular flexibility index (Phi) is 4.16. The van der Waals surface area contributed by atoms with Crippen LogP contribution in [0.1, 0.15) is 0 Å². The molecule has 126 valence electrons. The molecule has 26 heavy (non-hydrogen) atoms. The molecule has 0 saturated carbocycles. The molecule has 0 aliphatic heterocycles. The van der Waals surface area contributed by atoms with E-state index in [2.05, 4.69) is 36.4 Å². The molecule has 0 bridgehead atoms. The van der Waals surface area contributed by atoms with E-state index < -0.39 is 0 Å². The lowest BCUT2D eigenvalue weighted by Crippen LogP contribution is -1.85. The first-order chi connectivity index (χ1) is 12.7. The van der Waals surface area contributed by atoms with Gasteiger partial charge in [-0.25, -0.2) is 0 Å². The standard InChI is InChI=1S/C24H18O2/c25-21-7-3-5-19(15-21)17-11-13-18(14-12-17)23-9-1-2-10-24(23)20-6-4-8-22(26)16-20/h1-16,25-26H. The molecule has 0 aliphatic rings. The van der Waals surface area contributed by atoms with Gasteiger partial charge in [-0.2, -0.15) is 0 Å². The predicted molar refractivity (Wildman–Crippen MR) is 106 cm³/mol. The van der Waals surface area contributed by atoms with Gasteiger partial charge in [0.05, 0.1) is 0 Å². The van der Waals surface area contributed by atoms with Crippen molar-refractivity contribution in [3.05, 3.63) is 97.1 Å². The minimum absolute atomic E-state index is 0.261. The van der Waals surface area contributed by atoms with Crippen molar-refractivity contribution < 1.29 is 10.2 Å². The Morgan fingerprint density at radius 2 is 0.885 bits per heavy atom. The largest absolute Gasteiger partial charge is 0.508 e. The lowest BCUT2D eigenvalue weighted by atomic mass is 9.93. The second-order valence-electron chi connectivity index (χ2n) is 6.22. The van der Waals surface area contributed by atoms with Crippen molar-refractivity contribution in [2.75, 3.05) is 0 Å². The fraction of sp³-hybridized carbons (Fsp3) is 0. The van der Waals surface area contributed by atoms with Gasteiger partial charge < -0.3 is 10.2 Å². The van der Waals surface area contributed by atoms with E-state index in [-0.39, 0.29) is 11.5 Å². The van der Waals surface area contributed by atoms with Crippen molar-refractivity contribution in [1.29, 1.82) is 0 Å². The molecule has 0 atom stereocenters. The molecule has 0 aromatic heterocycles. The Morgan fingerprint density at radius 1 is 0.385 bits per heavy atom. The van der Waals surface area contributed by atoms with E-state index in [1.165, 1.54) is 0 Å². The van der Waals surface area contributed by atoms with Crippen LogP contribution in [0.3, 0.4) is 0 Å². The summed E-state index contributed by atoms with van der Waals surface area (Å²) in [6.45, 7) is 0. The van der Waals surface area contributed by atoms with Gasteiger partial charge in [-0.05, 0) is 57.6 Å². The highest BCUT2D eigenvalue weighted by Gasteiger charge is 2.08. The molecule has 0 heterocycles. The summed E-state index contributed by atoms with van der Waals surface area (Å²) in [5.41, 5.74) is 6.32. The van der Waals surface area contributed by atoms with Crippen molar-refractivity contribution in [2.45, 2.75) is 0 Å². The van der Waals surface area contributed by atoms with Gasteiger partial charge >= 0.3 is 0 Å². The lowest BCUT2D eigenvalue weighted by Gasteiger charge is -2.11. The molecule has 4 aromatic carbocycles. The lowest BCUT2D eigenvalue weighted by molar-refractivity contribution is 0.475. The van der Waals surface area contributed by atoms with Gasteiger partial charge in [0.15, 0.2) is 0 Å². The number of aromatic hydroxyl groups is 2. The molecule has 4 aromatic rings. The SMILES string of the molecule is Oc1cccc(-c2ccc(-c3ccccc3-c3cccc(O)c3)cc2)c1. The maximum Gasteiger partial charge on any atom is 0.116 e. The summed E-state index contributed by atoms with van der Waals surface area (Å²) in [6, 6.07) is 31.0. The topological polar surface area (TPSA) is 40.5 Å². The van der Waals surface area contributed by atoms with Crippen molar-refractivity contribution in [2.24, 2.45) is 0 Å². The second-order valence-corrected chi connectivity index (χ2v) is 6.22. The summed E-state index contributed by atoms with van der Waals surface area (Å²) in [6.07, 6.45) is 0. The highest BCUT2D eigenvalue weighted by molar-refractivity contribution is 5.84. The molecule has 0 fully saturated rings. The third-order valence-corrected chi connectivity index (χ3v) is 4.46. The zero-order chi connectivity index (χ0) is 17.9. The minimum Gasteiger partial charge on any atom is -0.508 e. The Bertz CT molecular complexity index is 1050. The molecule has 4 rings (SSSR count). The number of rotatable bonds is 3. The quantitative estimate of drug-likeness (QED) is 0.474. The minimum atomic E-state index is 0.261. The van der Waals surface area contributed by atoms with Crippen molar-refractivity contribution in [1.82, 2.24) is 0 Å². The van der Waals surface area contributed by atoms with Crippen LogP contribution in [0.15, 0.2) is 97.1 Å². The Morgan fingerprint density at radius 3 is 1.50 bits per heavy atom. The van der Waals surface area contributed by atoms with Crippen LogP contribution in [0.5, 0.6) is 11.5 Å².